The summed E-state index contributed by atoms with van der Waals surface area (Å²) < 4.78 is 0. The molecule has 5 heteroatoms. The minimum absolute atomic E-state index is 0.393. The van der Waals surface area contributed by atoms with Crippen LogP contribution in [0.5, 0.6) is 0 Å². The molecule has 0 aliphatic carbocycles. The zero-order chi connectivity index (χ0) is 9.97. The molecule has 0 aromatic carbocycles. The average molecular weight is 189 g/mol. The van der Waals surface area contributed by atoms with E-state index in [1.807, 2.05) is 13.0 Å². The second kappa shape index (κ2) is 3.55. The van der Waals surface area contributed by atoms with E-state index in [0.717, 1.165) is 22.8 Å². The molecule has 0 aliphatic rings. The highest BCUT2D eigenvalue weighted by molar-refractivity contribution is 5.52. The summed E-state index contributed by atoms with van der Waals surface area (Å²) in [5.74, 6) is 0. The number of aromatic nitrogens is 4. The van der Waals surface area contributed by atoms with Crippen LogP contribution in [0.4, 0.5) is 0 Å². The maximum Gasteiger partial charge on any atom is 0.112 e. The molecule has 2 heterocycles. The predicted octanol–water partition coefficient (Wildman–Crippen LogP) is 0.634. The Bertz CT molecular complexity index is 434. The number of nitrogens with zero attached hydrogens (tertiary/aromatic N) is 3. The van der Waals surface area contributed by atoms with Crippen molar-refractivity contribution in [3.05, 3.63) is 29.8 Å². The van der Waals surface area contributed by atoms with Gasteiger partial charge in [0.15, 0.2) is 0 Å². The second-order valence-corrected chi connectivity index (χ2v) is 3.04. The van der Waals surface area contributed by atoms with E-state index in [-0.39, 0.29) is 0 Å². The molecule has 0 aliphatic heterocycles. The number of hydrogen-bond donors (Lipinski definition) is 2. The molecule has 0 radical (unpaired) electrons. The highest BCUT2D eigenvalue weighted by atomic mass is 15.1. The lowest BCUT2D eigenvalue weighted by Gasteiger charge is -1.97. The standard InChI is InChI=1S/C9H11N5/c1-6-2-8(14-13-6)9-5-11-4-7(3-10)12-9/h2,4-5H,3,10H2,1H3,(H,13,14). The second-order valence-electron chi connectivity index (χ2n) is 3.04. The van der Waals surface area contributed by atoms with Crippen molar-refractivity contribution in [3.63, 3.8) is 0 Å². The first-order chi connectivity index (χ1) is 6.79. The number of nitrogens with one attached hydrogen (secondary N) is 1. The Morgan fingerprint density at radius 1 is 1.36 bits per heavy atom. The molecule has 0 saturated heterocycles. The molecule has 0 spiro atoms. The van der Waals surface area contributed by atoms with E-state index in [4.69, 9.17) is 5.73 Å². The van der Waals surface area contributed by atoms with Gasteiger partial charge >= 0.3 is 0 Å². The van der Waals surface area contributed by atoms with Gasteiger partial charge in [0.2, 0.25) is 0 Å². The Hall–Kier alpha value is -1.75. The Balaban J connectivity index is 2.41. The first-order valence-corrected chi connectivity index (χ1v) is 4.33. The fourth-order valence-electron chi connectivity index (χ4n) is 1.18. The van der Waals surface area contributed by atoms with Crippen LogP contribution in [0.3, 0.4) is 0 Å². The normalized spacial score (nSPS) is 10.4. The number of nitrogens with two attached hydrogens (primary N) is 1. The smallest absolute Gasteiger partial charge is 0.112 e. The minimum Gasteiger partial charge on any atom is -0.325 e. The average Bonchev–Trinajstić information content (AvgIpc) is 2.65. The molecule has 2 rings (SSSR count). The van der Waals surface area contributed by atoms with Gasteiger partial charge in [0.25, 0.3) is 0 Å². The first kappa shape index (κ1) is 8.83. The number of aryl methyl sites for hydroxylation is 1. The van der Waals surface area contributed by atoms with E-state index in [9.17, 15) is 0 Å². The lowest BCUT2D eigenvalue weighted by atomic mass is 10.3. The van der Waals surface area contributed by atoms with Gasteiger partial charge in [0.05, 0.1) is 11.9 Å². The molecule has 0 fully saturated rings. The zero-order valence-corrected chi connectivity index (χ0v) is 7.86. The summed E-state index contributed by atoms with van der Waals surface area (Å²) in [4.78, 5) is 8.35. The van der Waals surface area contributed by atoms with Crippen molar-refractivity contribution < 1.29 is 0 Å². The molecule has 14 heavy (non-hydrogen) atoms. The number of hydrogen-bond acceptors (Lipinski definition) is 4. The van der Waals surface area contributed by atoms with Gasteiger partial charge in [0, 0.05) is 18.4 Å². The Morgan fingerprint density at radius 3 is 2.86 bits per heavy atom. The Morgan fingerprint density at radius 2 is 2.21 bits per heavy atom. The highest BCUT2D eigenvalue weighted by Crippen LogP contribution is 2.13. The molecule has 5 nitrogen and oxygen atoms in total. The zero-order valence-electron chi connectivity index (χ0n) is 7.86. The summed E-state index contributed by atoms with van der Waals surface area (Å²) in [7, 11) is 0. The van der Waals surface area contributed by atoms with Crippen molar-refractivity contribution in [1.82, 2.24) is 20.2 Å². The van der Waals surface area contributed by atoms with E-state index >= 15 is 0 Å². The van der Waals surface area contributed by atoms with Crippen LogP contribution in [-0.2, 0) is 6.54 Å². The number of rotatable bonds is 2. The van der Waals surface area contributed by atoms with Crippen molar-refractivity contribution in [2.24, 2.45) is 5.73 Å². The van der Waals surface area contributed by atoms with Gasteiger partial charge < -0.3 is 5.73 Å². The summed E-state index contributed by atoms with van der Waals surface area (Å²) in [5.41, 5.74) is 8.78. The molecular formula is C9H11N5. The highest BCUT2D eigenvalue weighted by Gasteiger charge is 2.04. The van der Waals surface area contributed by atoms with Gasteiger partial charge in [-0.1, -0.05) is 0 Å². The molecule has 0 unspecified atom stereocenters. The molecule has 0 bridgehead atoms. The van der Waals surface area contributed by atoms with Crippen LogP contribution in [0.1, 0.15) is 11.4 Å². The van der Waals surface area contributed by atoms with Crippen LogP contribution in [0.25, 0.3) is 11.4 Å². The first-order valence-electron chi connectivity index (χ1n) is 4.33. The molecule has 0 atom stereocenters. The van der Waals surface area contributed by atoms with Crippen molar-refractivity contribution in [1.29, 1.82) is 0 Å². The van der Waals surface area contributed by atoms with Crippen molar-refractivity contribution in [3.8, 4) is 11.4 Å². The largest absolute Gasteiger partial charge is 0.325 e. The number of aromatic amines is 1. The fourth-order valence-corrected chi connectivity index (χ4v) is 1.18. The van der Waals surface area contributed by atoms with E-state index < -0.39 is 0 Å². The summed E-state index contributed by atoms with van der Waals surface area (Å²) in [6.07, 6.45) is 3.33. The van der Waals surface area contributed by atoms with Crippen molar-refractivity contribution in [2.75, 3.05) is 0 Å². The molecule has 2 aromatic rings. The molecule has 2 aromatic heterocycles. The molecule has 72 valence electrons. The molecule has 3 N–H and O–H groups in total. The minimum atomic E-state index is 0.393. The van der Waals surface area contributed by atoms with Gasteiger partial charge in [-0.25, -0.2) is 4.98 Å². The summed E-state index contributed by atoms with van der Waals surface area (Å²) in [6.45, 7) is 2.33. The predicted molar refractivity (Wildman–Crippen MR) is 52.2 cm³/mol. The Kier molecular flexibility index (Phi) is 2.24. The van der Waals surface area contributed by atoms with E-state index in [2.05, 4.69) is 20.2 Å². The molecule has 0 amide bonds. The van der Waals surface area contributed by atoms with E-state index in [1.165, 1.54) is 0 Å². The third-order valence-electron chi connectivity index (χ3n) is 1.86. The topological polar surface area (TPSA) is 80.5 Å². The van der Waals surface area contributed by atoms with Gasteiger partial charge in [0.1, 0.15) is 11.4 Å². The molecule has 0 saturated carbocycles. The lowest BCUT2D eigenvalue weighted by Crippen LogP contribution is -2.01. The van der Waals surface area contributed by atoms with E-state index in [1.54, 1.807) is 12.4 Å². The van der Waals surface area contributed by atoms with Crippen LogP contribution < -0.4 is 5.73 Å². The summed E-state index contributed by atoms with van der Waals surface area (Å²) >= 11 is 0. The quantitative estimate of drug-likeness (QED) is 0.726. The van der Waals surface area contributed by atoms with E-state index in [0.29, 0.717) is 6.54 Å². The lowest BCUT2D eigenvalue weighted by molar-refractivity contribution is 0.960. The Labute approximate surface area is 81.4 Å². The third-order valence-corrected chi connectivity index (χ3v) is 1.86. The monoisotopic (exact) mass is 189 g/mol. The number of H-pyrrole nitrogens is 1. The third kappa shape index (κ3) is 1.62. The van der Waals surface area contributed by atoms with Gasteiger partial charge in [-0.2, -0.15) is 5.10 Å². The maximum absolute atomic E-state index is 5.47. The van der Waals surface area contributed by atoms with Gasteiger partial charge in [-0.05, 0) is 13.0 Å². The van der Waals surface area contributed by atoms with Crippen LogP contribution >= 0.6 is 0 Å². The fraction of sp³-hybridized carbons (Fsp3) is 0.222. The summed E-state index contributed by atoms with van der Waals surface area (Å²) in [5, 5.41) is 6.95. The van der Waals surface area contributed by atoms with Crippen molar-refractivity contribution in [2.45, 2.75) is 13.5 Å². The van der Waals surface area contributed by atoms with Crippen molar-refractivity contribution >= 4 is 0 Å². The van der Waals surface area contributed by atoms with Crippen LogP contribution in [0, 0.1) is 6.92 Å². The van der Waals surface area contributed by atoms with Crippen LogP contribution in [0.2, 0.25) is 0 Å². The SMILES string of the molecule is Cc1cc(-c2cncc(CN)n2)n[nH]1. The van der Waals surface area contributed by atoms with Gasteiger partial charge in [-0.15, -0.1) is 0 Å². The summed E-state index contributed by atoms with van der Waals surface area (Å²) in [6, 6.07) is 1.92. The van der Waals surface area contributed by atoms with Crippen LogP contribution in [0.15, 0.2) is 18.5 Å². The van der Waals surface area contributed by atoms with Gasteiger partial charge in [-0.3, -0.25) is 10.1 Å². The maximum atomic E-state index is 5.47. The molecular weight excluding hydrogens is 178 g/mol. The van der Waals surface area contributed by atoms with Crippen LogP contribution in [-0.4, -0.2) is 20.2 Å².